The molecule has 0 saturated carbocycles. The van der Waals surface area contributed by atoms with Gasteiger partial charge in [-0.25, -0.2) is 0 Å². The Kier molecular flexibility index (Phi) is 6.00. The second-order valence-corrected chi connectivity index (χ2v) is 5.65. The third-order valence-electron chi connectivity index (χ3n) is 3.40. The monoisotopic (exact) mass is 345 g/mol. The Labute approximate surface area is 134 Å². The van der Waals surface area contributed by atoms with Crippen molar-refractivity contribution >= 4 is 27.5 Å². The lowest BCUT2D eigenvalue weighted by Gasteiger charge is -2.07. The van der Waals surface area contributed by atoms with E-state index in [4.69, 9.17) is 0 Å². The lowest BCUT2D eigenvalue weighted by atomic mass is 10.1. The molecule has 0 spiro atoms. The van der Waals surface area contributed by atoms with Crippen molar-refractivity contribution in [2.75, 3.05) is 5.32 Å². The average Bonchev–Trinajstić information content (AvgIpc) is 2.54. The minimum atomic E-state index is -0.0718. The number of carbonyl (C=O) groups is 1. The molecule has 0 unspecified atom stereocenters. The number of unbranched alkanes of at least 4 members (excludes halogenated alkanes) is 1. The van der Waals surface area contributed by atoms with Crippen LogP contribution in [0.4, 0.5) is 5.69 Å². The summed E-state index contributed by atoms with van der Waals surface area (Å²) < 4.78 is 0. The van der Waals surface area contributed by atoms with Gasteiger partial charge < -0.3 is 5.32 Å². The number of nitrogens with one attached hydrogen (secondary N) is 1. The highest BCUT2D eigenvalue weighted by atomic mass is 79.9. The van der Waals surface area contributed by atoms with Gasteiger partial charge in [-0.1, -0.05) is 53.5 Å². The van der Waals surface area contributed by atoms with Crippen molar-refractivity contribution in [3.05, 3.63) is 65.2 Å². The van der Waals surface area contributed by atoms with Gasteiger partial charge in [0.15, 0.2) is 0 Å². The third-order valence-corrected chi connectivity index (χ3v) is 4.05. The summed E-state index contributed by atoms with van der Waals surface area (Å²) >= 11 is 3.40. The van der Waals surface area contributed by atoms with Gasteiger partial charge in [-0.05, 0) is 48.2 Å². The van der Waals surface area contributed by atoms with Crippen LogP contribution in [-0.2, 0) is 11.8 Å². The van der Waals surface area contributed by atoms with Gasteiger partial charge in [0, 0.05) is 16.6 Å². The van der Waals surface area contributed by atoms with Gasteiger partial charge in [-0.2, -0.15) is 0 Å². The van der Waals surface area contributed by atoms with E-state index in [1.807, 2.05) is 36.4 Å². The highest BCUT2D eigenvalue weighted by Gasteiger charge is 2.05. The van der Waals surface area contributed by atoms with Gasteiger partial charge >= 0.3 is 0 Å². The largest absolute Gasteiger partial charge is 0.322 e. The predicted molar refractivity (Wildman–Crippen MR) is 92.1 cm³/mol. The fourth-order valence-corrected chi connectivity index (χ4v) is 2.46. The number of alkyl halides is 1. The van der Waals surface area contributed by atoms with E-state index in [1.54, 1.807) is 0 Å². The molecule has 0 saturated heterocycles. The fourth-order valence-electron chi connectivity index (χ4n) is 2.08. The first-order valence-corrected chi connectivity index (χ1v) is 8.40. The number of aryl methyl sites for hydroxylation is 1. The summed E-state index contributed by atoms with van der Waals surface area (Å²) in [6, 6.07) is 15.7. The molecule has 0 fully saturated rings. The van der Waals surface area contributed by atoms with Gasteiger partial charge in [0.2, 0.25) is 0 Å². The van der Waals surface area contributed by atoms with Gasteiger partial charge in [0.05, 0.1) is 0 Å². The number of benzene rings is 2. The normalized spacial score (nSPS) is 10.4. The van der Waals surface area contributed by atoms with E-state index >= 15 is 0 Å². The zero-order valence-electron chi connectivity index (χ0n) is 12.2. The maximum absolute atomic E-state index is 12.1. The summed E-state index contributed by atoms with van der Waals surface area (Å²) in [6.45, 7) is 2.19. The smallest absolute Gasteiger partial charge is 0.255 e. The molecule has 2 aromatic rings. The van der Waals surface area contributed by atoms with Crippen LogP contribution < -0.4 is 5.32 Å². The molecule has 0 bridgehead atoms. The molecule has 110 valence electrons. The number of carbonyl (C=O) groups excluding carboxylic acids is 1. The molecule has 0 aliphatic carbocycles. The summed E-state index contributed by atoms with van der Waals surface area (Å²) in [5.74, 6) is -0.0718. The number of amides is 1. The van der Waals surface area contributed by atoms with E-state index in [9.17, 15) is 4.79 Å². The highest BCUT2D eigenvalue weighted by molar-refractivity contribution is 9.08. The Morgan fingerprint density at radius 3 is 2.19 bits per heavy atom. The Balaban J connectivity index is 1.98. The summed E-state index contributed by atoms with van der Waals surface area (Å²) in [4.78, 5) is 12.1. The molecule has 1 amide bonds. The maximum atomic E-state index is 12.1. The Morgan fingerprint density at radius 1 is 1.00 bits per heavy atom. The third kappa shape index (κ3) is 4.71. The predicted octanol–water partition coefficient (Wildman–Crippen LogP) is 5.18. The first kappa shape index (κ1) is 15.8. The lowest BCUT2D eigenvalue weighted by Crippen LogP contribution is -2.11. The Bertz CT molecular complexity index is 575. The van der Waals surface area contributed by atoms with Crippen molar-refractivity contribution in [1.29, 1.82) is 0 Å². The molecule has 1 N–H and O–H groups in total. The van der Waals surface area contributed by atoms with Crippen molar-refractivity contribution in [2.24, 2.45) is 0 Å². The van der Waals surface area contributed by atoms with Gasteiger partial charge in [-0.15, -0.1) is 0 Å². The quantitative estimate of drug-likeness (QED) is 0.718. The van der Waals surface area contributed by atoms with Crippen molar-refractivity contribution < 1.29 is 4.79 Å². The van der Waals surface area contributed by atoms with Crippen LogP contribution in [-0.4, -0.2) is 5.91 Å². The van der Waals surface area contributed by atoms with Crippen LogP contribution in [0.15, 0.2) is 48.5 Å². The zero-order valence-corrected chi connectivity index (χ0v) is 13.8. The zero-order chi connectivity index (χ0) is 15.1. The molecule has 0 atom stereocenters. The lowest BCUT2D eigenvalue weighted by molar-refractivity contribution is 0.102. The van der Waals surface area contributed by atoms with Crippen LogP contribution in [0, 0.1) is 0 Å². The maximum Gasteiger partial charge on any atom is 0.255 e. The molecule has 0 heterocycles. The van der Waals surface area contributed by atoms with Crippen molar-refractivity contribution in [3.8, 4) is 0 Å². The van der Waals surface area contributed by atoms with Gasteiger partial charge in [0.1, 0.15) is 0 Å². The molecule has 3 heteroatoms. The fraction of sp³-hybridized carbons (Fsp3) is 0.278. The van der Waals surface area contributed by atoms with E-state index < -0.39 is 0 Å². The standard InChI is InChI=1S/C18H20BrNO/c1-2-3-4-14-7-11-17(12-8-14)20-18(21)16-9-5-15(13-19)6-10-16/h5-12H,2-4,13H2,1H3,(H,20,21). The molecule has 0 aromatic heterocycles. The van der Waals surface area contributed by atoms with Crippen molar-refractivity contribution in [1.82, 2.24) is 0 Å². The molecule has 0 aliphatic heterocycles. The van der Waals surface area contributed by atoms with Crippen molar-refractivity contribution in [3.63, 3.8) is 0 Å². The van der Waals surface area contributed by atoms with Crippen LogP contribution in [0.25, 0.3) is 0 Å². The van der Waals surface area contributed by atoms with E-state index in [1.165, 1.54) is 18.4 Å². The van der Waals surface area contributed by atoms with E-state index in [0.29, 0.717) is 5.56 Å². The molecule has 0 aliphatic rings. The van der Waals surface area contributed by atoms with Crippen LogP contribution in [0.3, 0.4) is 0 Å². The molecule has 0 radical (unpaired) electrons. The van der Waals surface area contributed by atoms with E-state index in [2.05, 4.69) is 40.3 Å². The molecular weight excluding hydrogens is 326 g/mol. The summed E-state index contributed by atoms with van der Waals surface area (Å²) in [5.41, 5.74) is 3.99. The first-order valence-electron chi connectivity index (χ1n) is 7.28. The molecular formula is C18H20BrNO. The Hall–Kier alpha value is -1.61. The highest BCUT2D eigenvalue weighted by Crippen LogP contribution is 2.14. The van der Waals surface area contributed by atoms with Crippen molar-refractivity contribution in [2.45, 2.75) is 31.5 Å². The summed E-state index contributed by atoms with van der Waals surface area (Å²) in [7, 11) is 0. The average molecular weight is 346 g/mol. The number of rotatable bonds is 6. The minimum Gasteiger partial charge on any atom is -0.322 e. The number of hydrogen-bond donors (Lipinski definition) is 1. The van der Waals surface area contributed by atoms with E-state index in [0.717, 1.165) is 23.0 Å². The van der Waals surface area contributed by atoms with Gasteiger partial charge in [-0.3, -0.25) is 4.79 Å². The molecule has 2 nitrogen and oxygen atoms in total. The second kappa shape index (κ2) is 7.99. The molecule has 2 aromatic carbocycles. The SMILES string of the molecule is CCCCc1ccc(NC(=O)c2ccc(CBr)cc2)cc1. The second-order valence-electron chi connectivity index (χ2n) is 5.09. The topological polar surface area (TPSA) is 29.1 Å². The number of anilines is 1. The number of halogens is 1. The number of hydrogen-bond acceptors (Lipinski definition) is 1. The van der Waals surface area contributed by atoms with E-state index in [-0.39, 0.29) is 5.91 Å². The van der Waals surface area contributed by atoms with Crippen LogP contribution in [0.1, 0.15) is 41.3 Å². The molecule has 21 heavy (non-hydrogen) atoms. The summed E-state index contributed by atoms with van der Waals surface area (Å²) in [6.07, 6.45) is 3.49. The van der Waals surface area contributed by atoms with Crippen LogP contribution >= 0.6 is 15.9 Å². The van der Waals surface area contributed by atoms with Crippen LogP contribution in [0.5, 0.6) is 0 Å². The summed E-state index contributed by atoms with van der Waals surface area (Å²) in [5, 5.41) is 3.73. The van der Waals surface area contributed by atoms with Crippen LogP contribution in [0.2, 0.25) is 0 Å². The minimum absolute atomic E-state index is 0.0718. The molecule has 2 rings (SSSR count). The Morgan fingerprint density at radius 2 is 1.62 bits per heavy atom. The van der Waals surface area contributed by atoms with Gasteiger partial charge in [0.25, 0.3) is 5.91 Å². The first-order chi connectivity index (χ1) is 10.2.